The SMILES string of the molecule is COC(=O)c1sccc1Oc1ccc(C(F)(F)F)cc1NC(=O)c1ccccc1. The highest BCUT2D eigenvalue weighted by Crippen LogP contribution is 2.38. The number of alkyl halides is 3. The molecule has 0 fully saturated rings. The minimum atomic E-state index is -4.61. The van der Waals surface area contributed by atoms with Crippen LogP contribution in [0.3, 0.4) is 0 Å². The summed E-state index contributed by atoms with van der Waals surface area (Å²) in [6.07, 6.45) is -4.61. The van der Waals surface area contributed by atoms with Gasteiger partial charge in [0.1, 0.15) is 0 Å². The molecule has 0 spiro atoms. The zero-order chi connectivity index (χ0) is 21.0. The number of rotatable bonds is 5. The van der Waals surface area contributed by atoms with Crippen LogP contribution in [0.15, 0.2) is 60.0 Å². The van der Waals surface area contributed by atoms with Gasteiger partial charge in [-0.3, -0.25) is 4.79 Å². The Balaban J connectivity index is 1.97. The van der Waals surface area contributed by atoms with E-state index < -0.39 is 23.6 Å². The monoisotopic (exact) mass is 421 g/mol. The van der Waals surface area contributed by atoms with Crippen molar-refractivity contribution in [3.63, 3.8) is 0 Å². The first kappa shape index (κ1) is 20.4. The first-order valence-electron chi connectivity index (χ1n) is 8.21. The van der Waals surface area contributed by atoms with Crippen molar-refractivity contribution in [1.82, 2.24) is 0 Å². The van der Waals surface area contributed by atoms with Gasteiger partial charge in [-0.05, 0) is 41.8 Å². The summed E-state index contributed by atoms with van der Waals surface area (Å²) in [5.74, 6) is -1.19. The normalized spacial score (nSPS) is 11.0. The molecule has 1 amide bonds. The lowest BCUT2D eigenvalue weighted by atomic mass is 10.1. The Bertz CT molecular complexity index is 1030. The lowest BCUT2D eigenvalue weighted by Crippen LogP contribution is -2.14. The summed E-state index contributed by atoms with van der Waals surface area (Å²) in [6.45, 7) is 0. The topological polar surface area (TPSA) is 64.6 Å². The molecule has 1 N–H and O–H groups in total. The number of esters is 1. The predicted octanol–water partition coefficient (Wildman–Crippen LogP) is 5.60. The van der Waals surface area contributed by atoms with Crippen LogP contribution in [0.2, 0.25) is 0 Å². The van der Waals surface area contributed by atoms with E-state index in [-0.39, 0.29) is 27.6 Å². The molecule has 1 heterocycles. The molecule has 0 saturated carbocycles. The van der Waals surface area contributed by atoms with Crippen LogP contribution in [0.4, 0.5) is 18.9 Å². The van der Waals surface area contributed by atoms with Crippen molar-refractivity contribution in [3.8, 4) is 11.5 Å². The first-order chi connectivity index (χ1) is 13.8. The Kier molecular flexibility index (Phi) is 5.88. The maximum Gasteiger partial charge on any atom is 0.416 e. The maximum atomic E-state index is 13.1. The Morgan fingerprint density at radius 3 is 2.38 bits per heavy atom. The third-order valence-corrected chi connectivity index (χ3v) is 4.69. The van der Waals surface area contributed by atoms with E-state index >= 15 is 0 Å². The number of methoxy groups -OCH3 is 1. The number of benzene rings is 2. The molecule has 0 saturated heterocycles. The number of hydrogen-bond acceptors (Lipinski definition) is 5. The van der Waals surface area contributed by atoms with Crippen molar-refractivity contribution < 1.29 is 32.2 Å². The van der Waals surface area contributed by atoms with Gasteiger partial charge in [0.15, 0.2) is 16.4 Å². The van der Waals surface area contributed by atoms with Gasteiger partial charge in [0.25, 0.3) is 5.91 Å². The van der Waals surface area contributed by atoms with Crippen molar-refractivity contribution >= 4 is 28.9 Å². The largest absolute Gasteiger partial charge is 0.465 e. The predicted molar refractivity (Wildman–Crippen MR) is 102 cm³/mol. The van der Waals surface area contributed by atoms with Crippen LogP contribution in [0.1, 0.15) is 25.6 Å². The fraction of sp³-hybridized carbons (Fsp3) is 0.100. The molecule has 5 nitrogen and oxygen atoms in total. The Labute approximate surface area is 167 Å². The lowest BCUT2D eigenvalue weighted by Gasteiger charge is -2.15. The van der Waals surface area contributed by atoms with Crippen LogP contribution in [0, 0.1) is 0 Å². The van der Waals surface area contributed by atoms with Crippen molar-refractivity contribution in [2.45, 2.75) is 6.18 Å². The lowest BCUT2D eigenvalue weighted by molar-refractivity contribution is -0.137. The summed E-state index contributed by atoms with van der Waals surface area (Å²) < 4.78 is 49.7. The van der Waals surface area contributed by atoms with Gasteiger partial charge in [-0.15, -0.1) is 11.3 Å². The quantitative estimate of drug-likeness (QED) is 0.545. The second kappa shape index (κ2) is 8.36. The van der Waals surface area contributed by atoms with Crippen LogP contribution in [0.5, 0.6) is 11.5 Å². The number of nitrogens with one attached hydrogen (secondary N) is 1. The number of amides is 1. The molecule has 0 unspecified atom stereocenters. The van der Waals surface area contributed by atoms with E-state index in [1.807, 2.05) is 0 Å². The molecule has 0 aliphatic heterocycles. The molecule has 29 heavy (non-hydrogen) atoms. The smallest absolute Gasteiger partial charge is 0.416 e. The Morgan fingerprint density at radius 1 is 1.00 bits per heavy atom. The van der Waals surface area contributed by atoms with Crippen molar-refractivity contribution in [2.24, 2.45) is 0 Å². The van der Waals surface area contributed by atoms with Gasteiger partial charge >= 0.3 is 12.1 Å². The van der Waals surface area contributed by atoms with E-state index in [2.05, 4.69) is 10.1 Å². The number of carbonyl (C=O) groups excluding carboxylic acids is 2. The standard InChI is InChI=1S/C20H14F3NO4S/c1-27-19(26)17-16(9-10-29-17)28-15-8-7-13(20(21,22)23)11-14(15)24-18(25)12-5-3-2-4-6-12/h2-11H,1H3,(H,24,25). The number of ether oxygens (including phenoxy) is 2. The van der Waals surface area contributed by atoms with Crippen molar-refractivity contribution in [3.05, 3.63) is 76.0 Å². The summed E-state index contributed by atoms with van der Waals surface area (Å²) in [5.41, 5.74) is -0.871. The van der Waals surface area contributed by atoms with E-state index in [9.17, 15) is 22.8 Å². The zero-order valence-electron chi connectivity index (χ0n) is 14.9. The van der Waals surface area contributed by atoms with Crippen LogP contribution in [0.25, 0.3) is 0 Å². The van der Waals surface area contributed by atoms with E-state index in [0.717, 1.165) is 29.5 Å². The molecule has 0 radical (unpaired) electrons. The van der Waals surface area contributed by atoms with Gasteiger partial charge in [-0.2, -0.15) is 13.2 Å². The van der Waals surface area contributed by atoms with E-state index in [0.29, 0.717) is 0 Å². The Morgan fingerprint density at radius 2 is 1.72 bits per heavy atom. The van der Waals surface area contributed by atoms with E-state index in [1.165, 1.54) is 25.3 Å². The van der Waals surface area contributed by atoms with Gasteiger partial charge in [0, 0.05) is 5.56 Å². The summed E-state index contributed by atoms with van der Waals surface area (Å²) in [6, 6.07) is 12.2. The third-order valence-electron chi connectivity index (χ3n) is 3.81. The molecular formula is C20H14F3NO4S. The fourth-order valence-corrected chi connectivity index (χ4v) is 3.15. The van der Waals surface area contributed by atoms with Crippen molar-refractivity contribution in [1.29, 1.82) is 0 Å². The molecule has 1 aromatic heterocycles. The molecule has 0 aliphatic rings. The molecule has 2 aromatic carbocycles. The van der Waals surface area contributed by atoms with Gasteiger partial charge in [0.2, 0.25) is 0 Å². The highest BCUT2D eigenvalue weighted by Gasteiger charge is 2.31. The van der Waals surface area contributed by atoms with Crippen LogP contribution in [-0.4, -0.2) is 19.0 Å². The minimum Gasteiger partial charge on any atom is -0.465 e. The zero-order valence-corrected chi connectivity index (χ0v) is 15.8. The highest BCUT2D eigenvalue weighted by molar-refractivity contribution is 7.12. The molecule has 0 bridgehead atoms. The van der Waals surface area contributed by atoms with E-state index in [4.69, 9.17) is 4.74 Å². The van der Waals surface area contributed by atoms with E-state index in [1.54, 1.807) is 23.6 Å². The van der Waals surface area contributed by atoms with Gasteiger partial charge in [-0.1, -0.05) is 18.2 Å². The van der Waals surface area contributed by atoms with Crippen molar-refractivity contribution in [2.75, 3.05) is 12.4 Å². The van der Waals surface area contributed by atoms with Gasteiger partial charge in [0.05, 0.1) is 18.4 Å². The minimum absolute atomic E-state index is 0.0502. The molecule has 150 valence electrons. The van der Waals surface area contributed by atoms with Crippen LogP contribution in [-0.2, 0) is 10.9 Å². The van der Waals surface area contributed by atoms with Gasteiger partial charge in [-0.25, -0.2) is 4.79 Å². The number of carbonyl (C=O) groups is 2. The first-order valence-corrected chi connectivity index (χ1v) is 9.09. The van der Waals surface area contributed by atoms with Crippen LogP contribution >= 0.6 is 11.3 Å². The molecule has 0 atom stereocenters. The molecular weight excluding hydrogens is 407 g/mol. The molecule has 3 aromatic rings. The molecule has 9 heteroatoms. The summed E-state index contributed by atoms with van der Waals surface area (Å²) >= 11 is 1.06. The molecule has 0 aliphatic carbocycles. The third kappa shape index (κ3) is 4.75. The highest BCUT2D eigenvalue weighted by atomic mass is 32.1. The summed E-state index contributed by atoms with van der Waals surface area (Å²) in [4.78, 5) is 24.4. The van der Waals surface area contributed by atoms with Crippen LogP contribution < -0.4 is 10.1 Å². The number of thiophene rings is 1. The fourth-order valence-electron chi connectivity index (χ4n) is 2.41. The average Bonchev–Trinajstić information content (AvgIpc) is 3.16. The van der Waals surface area contributed by atoms with Gasteiger partial charge < -0.3 is 14.8 Å². The Hall–Kier alpha value is -3.33. The second-order valence-electron chi connectivity index (χ2n) is 5.74. The summed E-state index contributed by atoms with van der Waals surface area (Å²) in [7, 11) is 1.20. The molecule has 3 rings (SSSR count). The number of anilines is 1. The number of hydrogen-bond donors (Lipinski definition) is 1. The average molecular weight is 421 g/mol. The maximum absolute atomic E-state index is 13.1. The number of halogens is 3. The second-order valence-corrected chi connectivity index (χ2v) is 6.65. The summed E-state index contributed by atoms with van der Waals surface area (Å²) in [5, 5.41) is 4.01.